The van der Waals surface area contributed by atoms with Gasteiger partial charge in [-0.05, 0) is 22.6 Å². The van der Waals surface area contributed by atoms with Crippen LogP contribution < -0.4 is 0 Å². The first kappa shape index (κ1) is 10.6. The van der Waals surface area contributed by atoms with Gasteiger partial charge in [0.1, 0.15) is 0 Å². The van der Waals surface area contributed by atoms with Crippen LogP contribution in [0.5, 0.6) is 0 Å². The van der Waals surface area contributed by atoms with Gasteiger partial charge in [-0.2, -0.15) is 0 Å². The third-order valence-corrected chi connectivity index (χ3v) is 3.82. The van der Waals surface area contributed by atoms with Gasteiger partial charge in [0, 0.05) is 11.8 Å². The largest absolute Gasteiger partial charge is 0.0767 e. The lowest BCUT2D eigenvalue weighted by atomic mass is 9.86. The normalized spacial score (nSPS) is 21.7. The van der Waals surface area contributed by atoms with Crippen molar-refractivity contribution >= 4 is 6.08 Å². The Bertz CT molecular complexity index is 503. The molecule has 0 spiro atoms. The van der Waals surface area contributed by atoms with Crippen LogP contribution in [0.15, 0.2) is 48.6 Å². The lowest BCUT2D eigenvalue weighted by Crippen LogP contribution is -2.04. The summed E-state index contributed by atoms with van der Waals surface area (Å²) < 4.78 is 0. The molecule has 0 heterocycles. The minimum absolute atomic E-state index is 0.540. The van der Waals surface area contributed by atoms with E-state index in [1.807, 2.05) is 0 Å². The fourth-order valence-corrected chi connectivity index (χ4v) is 2.92. The lowest BCUT2D eigenvalue weighted by molar-refractivity contribution is 0.723. The monoisotopic (exact) mass is 222 g/mol. The molecule has 0 fully saturated rings. The molecule has 3 rings (SSSR count). The van der Waals surface area contributed by atoms with Crippen molar-refractivity contribution in [2.24, 2.45) is 5.92 Å². The highest BCUT2D eigenvalue weighted by atomic mass is 14.3. The van der Waals surface area contributed by atoms with Gasteiger partial charge >= 0.3 is 0 Å². The van der Waals surface area contributed by atoms with Crippen molar-refractivity contribution in [1.82, 2.24) is 0 Å². The van der Waals surface area contributed by atoms with Crippen LogP contribution in [0.2, 0.25) is 0 Å². The first-order valence-electron chi connectivity index (χ1n) is 6.43. The average Bonchev–Trinajstić information content (AvgIpc) is 2.96. The van der Waals surface area contributed by atoms with Gasteiger partial charge in [-0.1, -0.05) is 68.5 Å². The summed E-state index contributed by atoms with van der Waals surface area (Å²) in [5.74, 6) is 1.69. The molecule has 0 amide bonds. The summed E-state index contributed by atoms with van der Waals surface area (Å²) in [7, 11) is 0. The van der Waals surface area contributed by atoms with Crippen molar-refractivity contribution in [2.75, 3.05) is 0 Å². The number of allylic oxidation sites excluding steroid dienone is 5. The predicted molar refractivity (Wildman–Crippen MR) is 74.1 cm³/mol. The summed E-state index contributed by atoms with van der Waals surface area (Å²) in [5.41, 5.74) is 4.44. The fraction of sp³-hybridized carbons (Fsp3) is 0.294. The maximum absolute atomic E-state index is 2.36. The average molecular weight is 222 g/mol. The molecule has 0 saturated heterocycles. The molecule has 17 heavy (non-hydrogen) atoms. The topological polar surface area (TPSA) is 0 Å². The molecule has 1 aromatic carbocycles. The van der Waals surface area contributed by atoms with Crippen molar-refractivity contribution in [3.63, 3.8) is 0 Å². The Hall–Kier alpha value is -1.56. The van der Waals surface area contributed by atoms with Gasteiger partial charge < -0.3 is 0 Å². The molecular weight excluding hydrogens is 204 g/mol. The number of fused-ring (bicyclic) bond motifs is 1. The van der Waals surface area contributed by atoms with E-state index in [2.05, 4.69) is 68.5 Å². The second-order valence-corrected chi connectivity index (χ2v) is 5.24. The van der Waals surface area contributed by atoms with Crippen LogP contribution in [0.4, 0.5) is 0 Å². The summed E-state index contributed by atoms with van der Waals surface area (Å²) in [6, 6.07) is 6.75. The third kappa shape index (κ3) is 1.68. The third-order valence-electron chi connectivity index (χ3n) is 3.82. The highest BCUT2D eigenvalue weighted by Crippen LogP contribution is 2.40. The van der Waals surface area contributed by atoms with Crippen LogP contribution in [0.25, 0.3) is 6.08 Å². The first-order chi connectivity index (χ1) is 8.27. The first-order valence-corrected chi connectivity index (χ1v) is 6.43. The van der Waals surface area contributed by atoms with E-state index < -0.39 is 0 Å². The van der Waals surface area contributed by atoms with E-state index in [1.165, 1.54) is 16.7 Å². The Morgan fingerprint density at radius 3 is 2.47 bits per heavy atom. The van der Waals surface area contributed by atoms with Crippen LogP contribution in [0.3, 0.4) is 0 Å². The van der Waals surface area contributed by atoms with Crippen molar-refractivity contribution in [3.8, 4) is 0 Å². The Morgan fingerprint density at radius 2 is 1.76 bits per heavy atom. The van der Waals surface area contributed by atoms with Crippen molar-refractivity contribution < 1.29 is 0 Å². The van der Waals surface area contributed by atoms with Crippen LogP contribution in [0, 0.1) is 5.92 Å². The van der Waals surface area contributed by atoms with Crippen LogP contribution in [-0.2, 0) is 0 Å². The van der Waals surface area contributed by atoms with Gasteiger partial charge in [-0.3, -0.25) is 0 Å². The second kappa shape index (κ2) is 4.03. The highest BCUT2D eigenvalue weighted by Gasteiger charge is 2.25. The van der Waals surface area contributed by atoms with Gasteiger partial charge in [-0.25, -0.2) is 0 Å². The molecule has 2 aliphatic carbocycles. The maximum Gasteiger partial charge on any atom is 0.0125 e. The molecule has 1 unspecified atom stereocenters. The second-order valence-electron chi connectivity index (χ2n) is 5.24. The fourth-order valence-electron chi connectivity index (χ4n) is 2.92. The van der Waals surface area contributed by atoms with Crippen LogP contribution >= 0.6 is 0 Å². The molecular formula is C17H18. The SMILES string of the molecule is CC(C)c1cccc2c1C=CC2C1C=CC=C1. The quantitative estimate of drug-likeness (QED) is 0.682. The molecule has 0 bridgehead atoms. The molecule has 0 aliphatic heterocycles. The Balaban J connectivity index is 2.03. The number of rotatable bonds is 2. The van der Waals surface area contributed by atoms with E-state index in [-0.39, 0.29) is 0 Å². The van der Waals surface area contributed by atoms with Crippen LogP contribution in [-0.4, -0.2) is 0 Å². The zero-order chi connectivity index (χ0) is 11.8. The van der Waals surface area contributed by atoms with E-state index in [4.69, 9.17) is 0 Å². The van der Waals surface area contributed by atoms with Crippen molar-refractivity contribution in [1.29, 1.82) is 0 Å². The maximum atomic E-state index is 2.36. The van der Waals surface area contributed by atoms with Crippen LogP contribution in [0.1, 0.15) is 42.4 Å². The Morgan fingerprint density at radius 1 is 1.00 bits per heavy atom. The lowest BCUT2D eigenvalue weighted by Gasteiger charge is -2.18. The standard InChI is InChI=1S/C17H18/c1-12(2)14-8-5-9-16-15(10-11-17(14)16)13-6-3-4-7-13/h3-13,15H,1-2H3. The zero-order valence-electron chi connectivity index (χ0n) is 10.4. The smallest absolute Gasteiger partial charge is 0.0125 e. The molecule has 0 nitrogen and oxygen atoms in total. The van der Waals surface area contributed by atoms with E-state index >= 15 is 0 Å². The van der Waals surface area contributed by atoms with Gasteiger partial charge in [0.05, 0.1) is 0 Å². The molecule has 86 valence electrons. The van der Waals surface area contributed by atoms with E-state index in [0.29, 0.717) is 17.8 Å². The molecule has 0 aromatic heterocycles. The molecule has 1 aromatic rings. The van der Waals surface area contributed by atoms with Gasteiger partial charge in [0.15, 0.2) is 0 Å². The molecule has 2 aliphatic rings. The van der Waals surface area contributed by atoms with Gasteiger partial charge in [0.2, 0.25) is 0 Å². The van der Waals surface area contributed by atoms with E-state index in [1.54, 1.807) is 0 Å². The summed E-state index contributed by atoms with van der Waals surface area (Å²) in [5, 5.41) is 0. The van der Waals surface area contributed by atoms with Gasteiger partial charge in [0.25, 0.3) is 0 Å². The molecule has 0 radical (unpaired) electrons. The van der Waals surface area contributed by atoms with Crippen molar-refractivity contribution in [2.45, 2.75) is 25.7 Å². The molecule has 0 saturated carbocycles. The summed E-state index contributed by atoms with van der Waals surface area (Å²) in [4.78, 5) is 0. The minimum Gasteiger partial charge on any atom is -0.0767 e. The predicted octanol–water partition coefficient (Wildman–Crippen LogP) is 4.66. The number of hydrogen-bond donors (Lipinski definition) is 0. The number of benzene rings is 1. The minimum atomic E-state index is 0.540. The Labute approximate surface area is 103 Å². The summed E-state index contributed by atoms with van der Waals surface area (Å²) in [6.07, 6.45) is 13.6. The highest BCUT2D eigenvalue weighted by molar-refractivity contribution is 5.67. The zero-order valence-corrected chi connectivity index (χ0v) is 10.4. The molecule has 1 atom stereocenters. The summed E-state index contributed by atoms with van der Waals surface area (Å²) >= 11 is 0. The van der Waals surface area contributed by atoms with E-state index in [0.717, 1.165) is 0 Å². The van der Waals surface area contributed by atoms with E-state index in [9.17, 15) is 0 Å². The molecule has 0 N–H and O–H groups in total. The summed E-state index contributed by atoms with van der Waals surface area (Å²) in [6.45, 7) is 4.54. The molecule has 0 heteroatoms. The van der Waals surface area contributed by atoms with Crippen molar-refractivity contribution in [3.05, 3.63) is 65.3 Å². The van der Waals surface area contributed by atoms with Gasteiger partial charge in [-0.15, -0.1) is 0 Å². The Kier molecular flexibility index (Phi) is 2.51. The number of hydrogen-bond acceptors (Lipinski definition) is 0.